The first-order valence-corrected chi connectivity index (χ1v) is 8.09. The molecule has 25 heavy (non-hydrogen) atoms. The van der Waals surface area contributed by atoms with Crippen molar-refractivity contribution >= 4 is 23.0 Å². The highest BCUT2D eigenvalue weighted by Crippen LogP contribution is 2.29. The zero-order chi connectivity index (χ0) is 17.8. The molecule has 0 aromatic heterocycles. The van der Waals surface area contributed by atoms with Gasteiger partial charge in [0.05, 0.1) is 5.56 Å². The van der Waals surface area contributed by atoms with E-state index in [0.29, 0.717) is 11.3 Å². The van der Waals surface area contributed by atoms with E-state index in [-0.39, 0.29) is 5.91 Å². The minimum Gasteiger partial charge on any atom is -0.399 e. The summed E-state index contributed by atoms with van der Waals surface area (Å²) in [4.78, 5) is 14.8. The van der Waals surface area contributed by atoms with Gasteiger partial charge in [0.1, 0.15) is 0 Å². The van der Waals surface area contributed by atoms with Crippen LogP contribution in [-0.2, 0) is 0 Å². The van der Waals surface area contributed by atoms with Gasteiger partial charge in [-0.3, -0.25) is 4.79 Å². The van der Waals surface area contributed by atoms with Crippen molar-refractivity contribution in [1.29, 1.82) is 0 Å². The lowest BCUT2D eigenvalue weighted by Crippen LogP contribution is -2.19. The summed E-state index contributed by atoms with van der Waals surface area (Å²) in [6.45, 7) is 0. The SMILES string of the molecule is CN(C)c1ccc(N)cc1C(=O)Nc1ccccc1-c1ccccc1. The molecule has 3 rings (SSSR count). The highest BCUT2D eigenvalue weighted by molar-refractivity contribution is 6.10. The van der Waals surface area contributed by atoms with Gasteiger partial charge in [-0.15, -0.1) is 0 Å². The molecule has 0 aliphatic rings. The van der Waals surface area contributed by atoms with E-state index >= 15 is 0 Å². The number of amides is 1. The summed E-state index contributed by atoms with van der Waals surface area (Å²) >= 11 is 0. The van der Waals surface area contributed by atoms with Crippen LogP contribution in [0.2, 0.25) is 0 Å². The number of hydrogen-bond donors (Lipinski definition) is 2. The highest BCUT2D eigenvalue weighted by atomic mass is 16.1. The molecule has 0 heterocycles. The lowest BCUT2D eigenvalue weighted by molar-refractivity contribution is 0.102. The third-order valence-electron chi connectivity index (χ3n) is 4.01. The fraction of sp³-hybridized carbons (Fsp3) is 0.0952. The molecule has 1 amide bonds. The number of nitrogen functional groups attached to an aromatic ring is 1. The Morgan fingerprint density at radius 2 is 1.60 bits per heavy atom. The second-order valence-corrected chi connectivity index (χ2v) is 6.04. The number of carbonyl (C=O) groups excluding carboxylic acids is 1. The van der Waals surface area contributed by atoms with Gasteiger partial charge < -0.3 is 16.0 Å². The molecule has 0 saturated heterocycles. The molecule has 3 N–H and O–H groups in total. The Morgan fingerprint density at radius 1 is 0.920 bits per heavy atom. The average molecular weight is 331 g/mol. The monoisotopic (exact) mass is 331 g/mol. The van der Waals surface area contributed by atoms with Gasteiger partial charge in [0.15, 0.2) is 0 Å². The Bertz CT molecular complexity index is 889. The van der Waals surface area contributed by atoms with Gasteiger partial charge in [-0.25, -0.2) is 0 Å². The number of nitrogens with zero attached hydrogens (tertiary/aromatic N) is 1. The number of para-hydroxylation sites is 1. The van der Waals surface area contributed by atoms with Crippen molar-refractivity contribution in [2.75, 3.05) is 30.0 Å². The molecule has 4 heteroatoms. The standard InChI is InChI=1S/C21H21N3O/c1-24(2)20-13-12-16(22)14-18(20)21(25)23-19-11-7-6-10-17(19)15-8-4-3-5-9-15/h3-14H,22H2,1-2H3,(H,23,25). The Morgan fingerprint density at radius 3 is 2.32 bits per heavy atom. The predicted molar refractivity (Wildman–Crippen MR) is 105 cm³/mol. The first kappa shape index (κ1) is 16.6. The lowest BCUT2D eigenvalue weighted by Gasteiger charge is -2.18. The van der Waals surface area contributed by atoms with E-state index in [4.69, 9.17) is 5.73 Å². The first-order valence-electron chi connectivity index (χ1n) is 8.09. The molecule has 0 aliphatic heterocycles. The molecule has 0 saturated carbocycles. The number of nitrogens with one attached hydrogen (secondary N) is 1. The zero-order valence-electron chi connectivity index (χ0n) is 14.4. The van der Waals surface area contributed by atoms with Crippen molar-refractivity contribution < 1.29 is 4.79 Å². The normalized spacial score (nSPS) is 10.3. The fourth-order valence-corrected chi connectivity index (χ4v) is 2.78. The maximum absolute atomic E-state index is 12.9. The van der Waals surface area contributed by atoms with E-state index in [1.165, 1.54) is 0 Å². The maximum Gasteiger partial charge on any atom is 0.257 e. The van der Waals surface area contributed by atoms with E-state index in [9.17, 15) is 4.79 Å². The van der Waals surface area contributed by atoms with E-state index in [1.54, 1.807) is 12.1 Å². The average Bonchev–Trinajstić information content (AvgIpc) is 2.62. The van der Waals surface area contributed by atoms with Crippen LogP contribution in [0.5, 0.6) is 0 Å². The van der Waals surface area contributed by atoms with Crippen molar-refractivity contribution in [1.82, 2.24) is 0 Å². The summed E-state index contributed by atoms with van der Waals surface area (Å²) in [5, 5.41) is 3.03. The molecule has 0 aliphatic carbocycles. The third-order valence-corrected chi connectivity index (χ3v) is 4.01. The Labute approximate surface area is 147 Å². The van der Waals surface area contributed by atoms with E-state index in [0.717, 1.165) is 22.5 Å². The van der Waals surface area contributed by atoms with E-state index < -0.39 is 0 Å². The second-order valence-electron chi connectivity index (χ2n) is 6.04. The summed E-state index contributed by atoms with van der Waals surface area (Å²) in [5.74, 6) is -0.181. The number of anilines is 3. The maximum atomic E-state index is 12.9. The summed E-state index contributed by atoms with van der Waals surface area (Å²) < 4.78 is 0. The zero-order valence-corrected chi connectivity index (χ0v) is 14.4. The van der Waals surface area contributed by atoms with Crippen LogP contribution in [-0.4, -0.2) is 20.0 Å². The molecular weight excluding hydrogens is 310 g/mol. The number of benzene rings is 3. The minimum absolute atomic E-state index is 0.181. The van der Waals surface area contributed by atoms with Crippen molar-refractivity contribution in [3.63, 3.8) is 0 Å². The molecule has 126 valence electrons. The van der Waals surface area contributed by atoms with Crippen LogP contribution in [0.25, 0.3) is 11.1 Å². The molecular formula is C21H21N3O. The van der Waals surface area contributed by atoms with Gasteiger partial charge in [-0.1, -0.05) is 48.5 Å². The molecule has 0 spiro atoms. The van der Waals surface area contributed by atoms with Crippen LogP contribution in [0.3, 0.4) is 0 Å². The Kier molecular flexibility index (Phi) is 4.70. The van der Waals surface area contributed by atoms with Crippen LogP contribution in [0, 0.1) is 0 Å². The third kappa shape index (κ3) is 3.63. The van der Waals surface area contributed by atoms with Crippen LogP contribution >= 0.6 is 0 Å². The minimum atomic E-state index is -0.181. The largest absolute Gasteiger partial charge is 0.399 e. The summed E-state index contributed by atoms with van der Waals surface area (Å²) in [5.41, 5.74) is 10.6. The smallest absolute Gasteiger partial charge is 0.257 e. The van der Waals surface area contributed by atoms with Gasteiger partial charge in [0, 0.05) is 36.7 Å². The summed E-state index contributed by atoms with van der Waals surface area (Å²) in [7, 11) is 3.81. The van der Waals surface area contributed by atoms with Crippen molar-refractivity contribution in [3.8, 4) is 11.1 Å². The molecule has 0 unspecified atom stereocenters. The van der Waals surface area contributed by atoms with Crippen LogP contribution in [0.1, 0.15) is 10.4 Å². The number of nitrogens with two attached hydrogens (primary N) is 1. The molecule has 0 bridgehead atoms. The second kappa shape index (κ2) is 7.09. The summed E-state index contributed by atoms with van der Waals surface area (Å²) in [6.07, 6.45) is 0. The van der Waals surface area contributed by atoms with Gasteiger partial charge in [0.2, 0.25) is 0 Å². The van der Waals surface area contributed by atoms with Gasteiger partial charge in [-0.05, 0) is 29.8 Å². The molecule has 4 nitrogen and oxygen atoms in total. The van der Waals surface area contributed by atoms with Crippen LogP contribution in [0.15, 0.2) is 72.8 Å². The van der Waals surface area contributed by atoms with E-state index in [2.05, 4.69) is 5.32 Å². The summed E-state index contributed by atoms with van der Waals surface area (Å²) in [6, 6.07) is 23.1. The van der Waals surface area contributed by atoms with Crippen LogP contribution in [0.4, 0.5) is 17.1 Å². The predicted octanol–water partition coefficient (Wildman–Crippen LogP) is 4.25. The quantitative estimate of drug-likeness (QED) is 0.703. The number of hydrogen-bond acceptors (Lipinski definition) is 3. The molecule has 0 fully saturated rings. The molecule has 3 aromatic rings. The van der Waals surface area contributed by atoms with E-state index in [1.807, 2.05) is 79.7 Å². The molecule has 0 atom stereocenters. The Balaban J connectivity index is 1.97. The molecule has 0 radical (unpaired) electrons. The van der Waals surface area contributed by atoms with Gasteiger partial charge in [-0.2, -0.15) is 0 Å². The lowest BCUT2D eigenvalue weighted by atomic mass is 10.0. The van der Waals surface area contributed by atoms with Crippen LogP contribution < -0.4 is 16.0 Å². The Hall–Kier alpha value is -3.27. The van der Waals surface area contributed by atoms with Crippen molar-refractivity contribution in [3.05, 3.63) is 78.4 Å². The first-order chi connectivity index (χ1) is 12.1. The van der Waals surface area contributed by atoms with Crippen molar-refractivity contribution in [2.45, 2.75) is 0 Å². The van der Waals surface area contributed by atoms with Crippen molar-refractivity contribution in [2.24, 2.45) is 0 Å². The highest BCUT2D eigenvalue weighted by Gasteiger charge is 2.15. The fourth-order valence-electron chi connectivity index (χ4n) is 2.78. The van der Waals surface area contributed by atoms with Gasteiger partial charge in [0.25, 0.3) is 5.91 Å². The molecule has 3 aromatic carbocycles. The number of carbonyl (C=O) groups is 1. The topological polar surface area (TPSA) is 58.4 Å². The van der Waals surface area contributed by atoms with Gasteiger partial charge >= 0.3 is 0 Å². The number of rotatable bonds is 4.